The standard InChI is InChI=1S/C19H26N6O/c26-19(15-25-9-5-18(22-25)16-2-1-6-21-14-16)24-12-10-23(11-13-24)17-3-7-20-8-4-17/h3-5,7-9,16,21H,1-2,6,10-15H2/t16-/m1/s1. The van der Waals surface area contributed by atoms with E-state index in [1.54, 1.807) is 4.68 Å². The maximum atomic E-state index is 12.6. The molecule has 2 aromatic heterocycles. The molecule has 2 aliphatic heterocycles. The second-order valence-electron chi connectivity index (χ2n) is 7.05. The molecule has 0 saturated carbocycles. The summed E-state index contributed by atoms with van der Waals surface area (Å²) in [4.78, 5) is 20.9. The van der Waals surface area contributed by atoms with Crippen LogP contribution in [0.3, 0.4) is 0 Å². The maximum Gasteiger partial charge on any atom is 0.244 e. The molecule has 0 bridgehead atoms. The van der Waals surface area contributed by atoms with Crippen LogP contribution >= 0.6 is 0 Å². The Bertz CT molecular complexity index is 717. The second-order valence-corrected chi connectivity index (χ2v) is 7.05. The molecule has 1 N–H and O–H groups in total. The van der Waals surface area contributed by atoms with Gasteiger partial charge in [0.2, 0.25) is 5.91 Å². The highest BCUT2D eigenvalue weighted by atomic mass is 16.2. The Kier molecular flexibility index (Phi) is 5.15. The number of piperidine rings is 1. The first-order valence-corrected chi connectivity index (χ1v) is 9.46. The first-order chi connectivity index (χ1) is 12.8. The molecular formula is C19H26N6O. The van der Waals surface area contributed by atoms with Crippen LogP contribution in [0.15, 0.2) is 36.8 Å². The summed E-state index contributed by atoms with van der Waals surface area (Å²) in [6.07, 6.45) is 7.93. The molecule has 2 aromatic rings. The number of anilines is 1. The number of amides is 1. The summed E-state index contributed by atoms with van der Waals surface area (Å²) in [7, 11) is 0. The molecule has 0 radical (unpaired) electrons. The average Bonchev–Trinajstić information content (AvgIpc) is 3.18. The van der Waals surface area contributed by atoms with Crippen LogP contribution in [0.5, 0.6) is 0 Å². The van der Waals surface area contributed by atoms with E-state index in [0.29, 0.717) is 12.5 Å². The number of carbonyl (C=O) groups excluding carboxylic acids is 1. The van der Waals surface area contributed by atoms with E-state index in [1.165, 1.54) is 18.5 Å². The second kappa shape index (κ2) is 7.86. The Morgan fingerprint density at radius 1 is 1.15 bits per heavy atom. The first-order valence-electron chi connectivity index (χ1n) is 9.46. The van der Waals surface area contributed by atoms with Crippen molar-refractivity contribution in [3.05, 3.63) is 42.5 Å². The molecule has 2 aliphatic rings. The molecule has 4 rings (SSSR count). The third-order valence-electron chi connectivity index (χ3n) is 5.33. The van der Waals surface area contributed by atoms with Crippen LogP contribution in [0.2, 0.25) is 0 Å². The predicted octanol–water partition coefficient (Wildman–Crippen LogP) is 1.09. The van der Waals surface area contributed by atoms with Crippen LogP contribution in [-0.4, -0.2) is 64.8 Å². The molecule has 1 amide bonds. The van der Waals surface area contributed by atoms with E-state index in [4.69, 9.17) is 0 Å². The highest BCUT2D eigenvalue weighted by Gasteiger charge is 2.22. The molecule has 26 heavy (non-hydrogen) atoms. The average molecular weight is 354 g/mol. The lowest BCUT2D eigenvalue weighted by Crippen LogP contribution is -2.49. The van der Waals surface area contributed by atoms with Crippen LogP contribution in [0.1, 0.15) is 24.5 Å². The van der Waals surface area contributed by atoms with Gasteiger partial charge in [0.1, 0.15) is 6.54 Å². The smallest absolute Gasteiger partial charge is 0.244 e. The molecule has 2 fully saturated rings. The number of aromatic nitrogens is 3. The highest BCUT2D eigenvalue weighted by Crippen LogP contribution is 2.21. The van der Waals surface area contributed by atoms with E-state index in [1.807, 2.05) is 35.6 Å². The van der Waals surface area contributed by atoms with Gasteiger partial charge >= 0.3 is 0 Å². The van der Waals surface area contributed by atoms with Crippen molar-refractivity contribution < 1.29 is 4.79 Å². The van der Waals surface area contributed by atoms with E-state index in [9.17, 15) is 4.79 Å². The number of rotatable bonds is 4. The number of nitrogens with zero attached hydrogens (tertiary/aromatic N) is 5. The van der Waals surface area contributed by atoms with Crippen LogP contribution in [0.25, 0.3) is 0 Å². The van der Waals surface area contributed by atoms with Gasteiger partial charge in [0.05, 0.1) is 5.69 Å². The summed E-state index contributed by atoms with van der Waals surface area (Å²) in [5.74, 6) is 0.625. The number of carbonyl (C=O) groups is 1. The fraction of sp³-hybridized carbons (Fsp3) is 0.526. The van der Waals surface area contributed by atoms with Gasteiger partial charge in [-0.25, -0.2) is 0 Å². The molecule has 1 atom stereocenters. The largest absolute Gasteiger partial charge is 0.368 e. The zero-order valence-corrected chi connectivity index (χ0v) is 15.0. The van der Waals surface area contributed by atoms with Crippen LogP contribution in [0.4, 0.5) is 5.69 Å². The molecule has 7 nitrogen and oxygen atoms in total. The van der Waals surface area contributed by atoms with E-state index in [2.05, 4.69) is 26.4 Å². The summed E-state index contributed by atoms with van der Waals surface area (Å²) in [6.45, 7) is 5.63. The van der Waals surface area contributed by atoms with Gasteiger partial charge in [-0.15, -0.1) is 0 Å². The Labute approximate surface area is 154 Å². The van der Waals surface area contributed by atoms with Gasteiger partial charge in [0, 0.05) is 62.9 Å². The molecule has 4 heterocycles. The molecule has 2 saturated heterocycles. The fourth-order valence-corrected chi connectivity index (χ4v) is 3.79. The van der Waals surface area contributed by atoms with E-state index >= 15 is 0 Å². The van der Waals surface area contributed by atoms with Crippen molar-refractivity contribution in [2.24, 2.45) is 0 Å². The minimum Gasteiger partial charge on any atom is -0.368 e. The Balaban J connectivity index is 1.30. The normalized spacial score (nSPS) is 21.0. The summed E-state index contributed by atoms with van der Waals surface area (Å²) in [5.41, 5.74) is 2.28. The molecule has 0 aromatic carbocycles. The summed E-state index contributed by atoms with van der Waals surface area (Å²) in [6, 6.07) is 6.10. The maximum absolute atomic E-state index is 12.6. The Hall–Kier alpha value is -2.41. The van der Waals surface area contributed by atoms with Gasteiger partial charge in [0.15, 0.2) is 0 Å². The monoisotopic (exact) mass is 354 g/mol. The van der Waals surface area contributed by atoms with Crippen molar-refractivity contribution in [2.75, 3.05) is 44.2 Å². The van der Waals surface area contributed by atoms with E-state index in [0.717, 1.165) is 45.0 Å². The lowest BCUT2D eigenvalue weighted by molar-refractivity contribution is -0.132. The van der Waals surface area contributed by atoms with Gasteiger partial charge < -0.3 is 15.1 Å². The van der Waals surface area contributed by atoms with Gasteiger partial charge in [-0.2, -0.15) is 5.10 Å². The van der Waals surface area contributed by atoms with Crippen LogP contribution < -0.4 is 10.2 Å². The molecule has 138 valence electrons. The molecule has 0 unspecified atom stereocenters. The van der Waals surface area contributed by atoms with Gasteiger partial charge in [-0.3, -0.25) is 14.5 Å². The number of nitrogens with one attached hydrogen (secondary N) is 1. The zero-order chi connectivity index (χ0) is 17.8. The molecule has 7 heteroatoms. The number of hydrogen-bond acceptors (Lipinski definition) is 5. The minimum absolute atomic E-state index is 0.149. The van der Waals surface area contributed by atoms with Crippen molar-refractivity contribution in [3.63, 3.8) is 0 Å². The van der Waals surface area contributed by atoms with Crippen LogP contribution in [-0.2, 0) is 11.3 Å². The summed E-state index contributed by atoms with van der Waals surface area (Å²) in [5, 5.41) is 8.06. The lowest BCUT2D eigenvalue weighted by atomic mass is 9.97. The number of pyridine rings is 1. The molecular weight excluding hydrogens is 328 g/mol. The van der Waals surface area contributed by atoms with Crippen molar-refractivity contribution >= 4 is 11.6 Å². The Morgan fingerprint density at radius 3 is 2.69 bits per heavy atom. The Morgan fingerprint density at radius 2 is 1.96 bits per heavy atom. The van der Waals surface area contributed by atoms with Crippen molar-refractivity contribution in [3.8, 4) is 0 Å². The topological polar surface area (TPSA) is 66.3 Å². The molecule has 0 aliphatic carbocycles. The molecule has 0 spiro atoms. The zero-order valence-electron chi connectivity index (χ0n) is 15.0. The summed E-state index contributed by atoms with van der Waals surface area (Å²) >= 11 is 0. The van der Waals surface area contributed by atoms with E-state index < -0.39 is 0 Å². The van der Waals surface area contributed by atoms with Crippen molar-refractivity contribution in [2.45, 2.75) is 25.3 Å². The predicted molar refractivity (Wildman–Crippen MR) is 100 cm³/mol. The summed E-state index contributed by atoms with van der Waals surface area (Å²) < 4.78 is 1.79. The third-order valence-corrected chi connectivity index (χ3v) is 5.33. The SMILES string of the molecule is O=C(Cn1ccc([C@@H]2CCCNC2)n1)N1CCN(c2ccncc2)CC1. The van der Waals surface area contributed by atoms with Crippen molar-refractivity contribution in [1.29, 1.82) is 0 Å². The number of hydrogen-bond donors (Lipinski definition) is 1. The van der Waals surface area contributed by atoms with Gasteiger partial charge in [-0.1, -0.05) is 0 Å². The van der Waals surface area contributed by atoms with Crippen LogP contribution in [0, 0.1) is 0 Å². The highest BCUT2D eigenvalue weighted by molar-refractivity contribution is 5.76. The van der Waals surface area contributed by atoms with Crippen molar-refractivity contribution in [1.82, 2.24) is 25.0 Å². The first kappa shape index (κ1) is 17.0. The number of piperazine rings is 1. The minimum atomic E-state index is 0.149. The third kappa shape index (κ3) is 3.88. The van der Waals surface area contributed by atoms with Gasteiger partial charge in [-0.05, 0) is 37.6 Å². The lowest BCUT2D eigenvalue weighted by Gasteiger charge is -2.36. The van der Waals surface area contributed by atoms with Gasteiger partial charge in [0.25, 0.3) is 0 Å². The quantitative estimate of drug-likeness (QED) is 0.890. The fourth-order valence-electron chi connectivity index (χ4n) is 3.79. The van der Waals surface area contributed by atoms with E-state index in [-0.39, 0.29) is 5.91 Å².